The van der Waals surface area contributed by atoms with Gasteiger partial charge in [0.25, 0.3) is 0 Å². The molecule has 0 saturated heterocycles. The van der Waals surface area contributed by atoms with Crippen molar-refractivity contribution in [3.63, 3.8) is 0 Å². The number of ether oxygens (including phenoxy) is 1. The minimum Gasteiger partial charge on any atom is -0.492 e. The lowest BCUT2D eigenvalue weighted by molar-refractivity contribution is 0.227. The molecule has 1 aliphatic heterocycles. The van der Waals surface area contributed by atoms with Crippen LogP contribution in [0.2, 0.25) is 0 Å². The third-order valence-corrected chi connectivity index (χ3v) is 3.46. The predicted molar refractivity (Wildman–Crippen MR) is 74.9 cm³/mol. The van der Waals surface area contributed by atoms with E-state index in [9.17, 15) is 0 Å². The summed E-state index contributed by atoms with van der Waals surface area (Å²) in [4.78, 5) is 4.61. The number of hydrogen-bond donors (Lipinski definition) is 0. The molecule has 0 spiro atoms. The largest absolute Gasteiger partial charge is 0.492 e. The maximum absolute atomic E-state index is 5.78. The lowest BCUT2D eigenvalue weighted by Gasteiger charge is -2.18. The first-order valence-electron chi connectivity index (χ1n) is 6.69. The quantitative estimate of drug-likeness (QED) is 0.795. The summed E-state index contributed by atoms with van der Waals surface area (Å²) >= 11 is 0. The summed E-state index contributed by atoms with van der Waals surface area (Å²) in [5.74, 6) is 1.00. The Hall–Kier alpha value is -1.06. The van der Waals surface area contributed by atoms with E-state index in [0.717, 1.165) is 32.0 Å². The van der Waals surface area contributed by atoms with E-state index in [1.807, 2.05) is 0 Å². The van der Waals surface area contributed by atoms with Gasteiger partial charge in [-0.1, -0.05) is 6.07 Å². The molecule has 1 aromatic carbocycles. The molecule has 1 aromatic rings. The molecule has 0 fully saturated rings. The standard InChI is InChI=1S/C15H24N2O/c1-12(2)17-10-13-5-6-15(9-14(13)11-17)18-8-7-16(3)4/h5-6,9,12H,7-8,10-11H2,1-4H3. The summed E-state index contributed by atoms with van der Waals surface area (Å²) in [7, 11) is 4.12. The fourth-order valence-corrected chi connectivity index (χ4v) is 2.20. The number of nitrogens with zero attached hydrogens (tertiary/aromatic N) is 2. The average molecular weight is 248 g/mol. The Morgan fingerprint density at radius 3 is 2.61 bits per heavy atom. The fraction of sp³-hybridized carbons (Fsp3) is 0.600. The Bertz CT molecular complexity index is 401. The summed E-state index contributed by atoms with van der Waals surface area (Å²) in [5, 5.41) is 0. The molecule has 100 valence electrons. The van der Waals surface area contributed by atoms with Crippen LogP contribution in [0.5, 0.6) is 5.75 Å². The van der Waals surface area contributed by atoms with E-state index in [2.05, 4.69) is 55.9 Å². The van der Waals surface area contributed by atoms with Crippen molar-refractivity contribution in [3.8, 4) is 5.75 Å². The van der Waals surface area contributed by atoms with Crippen molar-refractivity contribution in [1.29, 1.82) is 0 Å². The molecule has 1 aliphatic rings. The molecular formula is C15H24N2O. The molecule has 0 aromatic heterocycles. The van der Waals surface area contributed by atoms with Gasteiger partial charge >= 0.3 is 0 Å². The van der Waals surface area contributed by atoms with Crippen molar-refractivity contribution in [3.05, 3.63) is 29.3 Å². The van der Waals surface area contributed by atoms with Crippen LogP contribution in [0.1, 0.15) is 25.0 Å². The number of fused-ring (bicyclic) bond motifs is 1. The number of likely N-dealkylation sites (N-methyl/N-ethyl adjacent to an activating group) is 1. The lowest BCUT2D eigenvalue weighted by Crippen LogP contribution is -2.24. The molecule has 0 bridgehead atoms. The van der Waals surface area contributed by atoms with Gasteiger partial charge in [0.2, 0.25) is 0 Å². The molecule has 3 nitrogen and oxygen atoms in total. The van der Waals surface area contributed by atoms with Crippen molar-refractivity contribution < 1.29 is 4.74 Å². The minimum atomic E-state index is 0.607. The molecule has 0 aliphatic carbocycles. The molecule has 0 atom stereocenters. The van der Waals surface area contributed by atoms with Gasteiger partial charge in [0, 0.05) is 25.7 Å². The first kappa shape index (κ1) is 13.4. The van der Waals surface area contributed by atoms with Crippen LogP contribution in [0.15, 0.2) is 18.2 Å². The van der Waals surface area contributed by atoms with Crippen LogP contribution in [0.4, 0.5) is 0 Å². The first-order valence-corrected chi connectivity index (χ1v) is 6.69. The molecule has 0 unspecified atom stereocenters. The van der Waals surface area contributed by atoms with Crippen molar-refractivity contribution in [2.45, 2.75) is 33.0 Å². The highest BCUT2D eigenvalue weighted by atomic mass is 16.5. The van der Waals surface area contributed by atoms with E-state index in [4.69, 9.17) is 4.74 Å². The van der Waals surface area contributed by atoms with Crippen molar-refractivity contribution in [2.75, 3.05) is 27.2 Å². The Morgan fingerprint density at radius 2 is 1.94 bits per heavy atom. The number of benzene rings is 1. The summed E-state index contributed by atoms with van der Waals surface area (Å²) < 4.78 is 5.78. The second-order valence-corrected chi connectivity index (χ2v) is 5.58. The van der Waals surface area contributed by atoms with E-state index in [1.54, 1.807) is 0 Å². The van der Waals surface area contributed by atoms with Crippen molar-refractivity contribution >= 4 is 0 Å². The zero-order valence-electron chi connectivity index (χ0n) is 11.9. The van der Waals surface area contributed by atoms with Crippen LogP contribution in [-0.2, 0) is 13.1 Å². The highest BCUT2D eigenvalue weighted by molar-refractivity contribution is 5.38. The average Bonchev–Trinajstić information content (AvgIpc) is 2.71. The van der Waals surface area contributed by atoms with Crippen molar-refractivity contribution in [1.82, 2.24) is 9.80 Å². The zero-order chi connectivity index (χ0) is 13.1. The van der Waals surface area contributed by atoms with Gasteiger partial charge in [-0.25, -0.2) is 0 Å². The number of hydrogen-bond acceptors (Lipinski definition) is 3. The maximum Gasteiger partial charge on any atom is 0.119 e. The van der Waals surface area contributed by atoms with E-state index in [1.165, 1.54) is 11.1 Å². The Kier molecular flexibility index (Phi) is 4.25. The monoisotopic (exact) mass is 248 g/mol. The van der Waals surface area contributed by atoms with Crippen LogP contribution in [0, 0.1) is 0 Å². The van der Waals surface area contributed by atoms with Gasteiger partial charge in [0.1, 0.15) is 12.4 Å². The summed E-state index contributed by atoms with van der Waals surface area (Å²) in [5.41, 5.74) is 2.87. The fourth-order valence-electron chi connectivity index (χ4n) is 2.20. The lowest BCUT2D eigenvalue weighted by atomic mass is 10.1. The van der Waals surface area contributed by atoms with Crippen molar-refractivity contribution in [2.24, 2.45) is 0 Å². The maximum atomic E-state index is 5.78. The van der Waals surface area contributed by atoms with Crippen LogP contribution in [-0.4, -0.2) is 43.1 Å². The molecule has 1 heterocycles. The second kappa shape index (κ2) is 5.72. The summed E-state index contributed by atoms with van der Waals surface area (Å²) in [6.45, 7) is 8.33. The predicted octanol–water partition coefficient (Wildman–Crippen LogP) is 2.35. The summed E-state index contributed by atoms with van der Waals surface area (Å²) in [6.07, 6.45) is 0. The molecule has 0 amide bonds. The molecule has 2 rings (SSSR count). The Morgan fingerprint density at radius 1 is 1.22 bits per heavy atom. The number of rotatable bonds is 5. The van der Waals surface area contributed by atoms with E-state index < -0.39 is 0 Å². The van der Waals surface area contributed by atoms with Gasteiger partial charge in [-0.2, -0.15) is 0 Å². The molecule has 0 radical (unpaired) electrons. The zero-order valence-corrected chi connectivity index (χ0v) is 11.9. The van der Waals surface area contributed by atoms with Gasteiger partial charge in [0.05, 0.1) is 0 Å². The summed E-state index contributed by atoms with van der Waals surface area (Å²) in [6, 6.07) is 7.12. The topological polar surface area (TPSA) is 15.7 Å². The third-order valence-electron chi connectivity index (χ3n) is 3.46. The van der Waals surface area contributed by atoms with E-state index in [0.29, 0.717) is 6.04 Å². The highest BCUT2D eigenvalue weighted by Crippen LogP contribution is 2.27. The van der Waals surface area contributed by atoms with Gasteiger partial charge in [-0.05, 0) is 51.2 Å². The van der Waals surface area contributed by atoms with E-state index in [-0.39, 0.29) is 0 Å². The van der Waals surface area contributed by atoms with Gasteiger partial charge in [-0.15, -0.1) is 0 Å². The normalized spacial score (nSPS) is 15.4. The van der Waals surface area contributed by atoms with Crippen LogP contribution in [0.3, 0.4) is 0 Å². The minimum absolute atomic E-state index is 0.607. The van der Waals surface area contributed by atoms with Crippen LogP contribution < -0.4 is 4.74 Å². The highest BCUT2D eigenvalue weighted by Gasteiger charge is 2.21. The Balaban J connectivity index is 1.95. The smallest absolute Gasteiger partial charge is 0.119 e. The molecule has 0 N–H and O–H groups in total. The molecular weight excluding hydrogens is 224 g/mol. The third kappa shape index (κ3) is 3.24. The first-order chi connectivity index (χ1) is 8.56. The Labute approximate surface area is 110 Å². The van der Waals surface area contributed by atoms with Crippen LogP contribution >= 0.6 is 0 Å². The SMILES string of the molecule is CC(C)N1Cc2ccc(OCCN(C)C)cc2C1. The second-order valence-electron chi connectivity index (χ2n) is 5.58. The van der Waals surface area contributed by atoms with Crippen LogP contribution in [0.25, 0.3) is 0 Å². The molecule has 3 heteroatoms. The molecule has 0 saturated carbocycles. The van der Waals surface area contributed by atoms with Gasteiger partial charge in [0.15, 0.2) is 0 Å². The molecule has 18 heavy (non-hydrogen) atoms. The van der Waals surface area contributed by atoms with E-state index >= 15 is 0 Å². The van der Waals surface area contributed by atoms with Gasteiger partial charge < -0.3 is 9.64 Å². The van der Waals surface area contributed by atoms with Gasteiger partial charge in [-0.3, -0.25) is 4.90 Å².